The van der Waals surface area contributed by atoms with Crippen LogP contribution in [0.2, 0.25) is 0 Å². The lowest BCUT2D eigenvalue weighted by molar-refractivity contribution is -0.136. The first-order valence-corrected chi connectivity index (χ1v) is 7.97. The molecule has 0 saturated heterocycles. The summed E-state index contributed by atoms with van der Waals surface area (Å²) in [4.78, 5) is 15.0. The van der Waals surface area contributed by atoms with E-state index in [0.717, 1.165) is 6.42 Å². The molecule has 1 amide bonds. The van der Waals surface area contributed by atoms with Gasteiger partial charge in [-0.2, -0.15) is 0 Å². The van der Waals surface area contributed by atoms with E-state index in [-0.39, 0.29) is 18.6 Å². The number of rotatable bonds is 7. The molecule has 0 radical (unpaired) electrons. The molecule has 0 saturated carbocycles. The molecule has 3 nitrogen and oxygen atoms in total. The van der Waals surface area contributed by atoms with Crippen LogP contribution in [-0.2, 0) is 16.0 Å². The molecule has 0 aliphatic heterocycles. The number of benzene rings is 1. The Kier molecular flexibility index (Phi) is 5.96. The van der Waals surface area contributed by atoms with Crippen LogP contribution in [0.15, 0.2) is 47.8 Å². The minimum Gasteiger partial charge on any atom is -0.371 e. The van der Waals surface area contributed by atoms with Crippen LogP contribution in [-0.4, -0.2) is 31.1 Å². The molecule has 0 N–H and O–H groups in total. The zero-order chi connectivity index (χ0) is 15.1. The van der Waals surface area contributed by atoms with Gasteiger partial charge >= 0.3 is 0 Å². The smallest absolute Gasteiger partial charge is 0.248 e. The van der Waals surface area contributed by atoms with E-state index in [1.807, 2.05) is 43.6 Å². The fourth-order valence-corrected chi connectivity index (χ4v) is 2.86. The fourth-order valence-electron chi connectivity index (χ4n) is 2.03. The third-order valence-electron chi connectivity index (χ3n) is 3.53. The molecule has 112 valence electrons. The van der Waals surface area contributed by atoms with Crippen molar-refractivity contribution in [3.63, 3.8) is 0 Å². The minimum absolute atomic E-state index is 0.0176. The van der Waals surface area contributed by atoms with E-state index in [1.165, 1.54) is 10.4 Å². The number of hydrogen-bond acceptors (Lipinski definition) is 3. The Bertz CT molecular complexity index is 539. The van der Waals surface area contributed by atoms with Crippen LogP contribution in [0.1, 0.15) is 23.4 Å². The first-order chi connectivity index (χ1) is 10.2. The van der Waals surface area contributed by atoms with Gasteiger partial charge < -0.3 is 9.64 Å². The van der Waals surface area contributed by atoms with Crippen LogP contribution >= 0.6 is 11.3 Å². The van der Waals surface area contributed by atoms with Crippen molar-refractivity contribution >= 4 is 17.2 Å². The number of thiophene rings is 1. The molecule has 0 bridgehead atoms. The zero-order valence-corrected chi connectivity index (χ0v) is 13.3. The summed E-state index contributed by atoms with van der Waals surface area (Å²) in [7, 11) is 1.83. The van der Waals surface area contributed by atoms with Crippen LogP contribution in [0.3, 0.4) is 0 Å². The Hall–Kier alpha value is -1.65. The standard InChI is InChI=1S/C17H21NO2S/c1-14(16-9-6-12-21-16)18(2)17(19)13-20-11-10-15-7-4-3-5-8-15/h3-9,12,14H,10-11,13H2,1-2H3. The van der Waals surface area contributed by atoms with Crippen LogP contribution < -0.4 is 0 Å². The molecule has 0 spiro atoms. The molecular formula is C17H21NO2S. The van der Waals surface area contributed by atoms with Crippen LogP contribution in [0.5, 0.6) is 0 Å². The quantitative estimate of drug-likeness (QED) is 0.732. The van der Waals surface area contributed by atoms with Gasteiger partial charge in [0.05, 0.1) is 12.6 Å². The number of carbonyl (C=O) groups is 1. The predicted octanol–water partition coefficient (Wildman–Crippen LogP) is 3.53. The van der Waals surface area contributed by atoms with E-state index in [9.17, 15) is 4.79 Å². The van der Waals surface area contributed by atoms with Crippen molar-refractivity contribution < 1.29 is 9.53 Å². The van der Waals surface area contributed by atoms with Gasteiger partial charge in [-0.3, -0.25) is 4.79 Å². The zero-order valence-electron chi connectivity index (χ0n) is 12.5. The minimum atomic E-state index is 0.0176. The third kappa shape index (κ3) is 4.69. The summed E-state index contributed by atoms with van der Waals surface area (Å²) < 4.78 is 5.50. The molecule has 1 aromatic heterocycles. The Morgan fingerprint density at radius 3 is 2.67 bits per heavy atom. The van der Waals surface area contributed by atoms with Crippen molar-refractivity contribution in [3.05, 3.63) is 58.3 Å². The van der Waals surface area contributed by atoms with E-state index >= 15 is 0 Å². The number of likely N-dealkylation sites (N-methyl/N-ethyl adjacent to an activating group) is 1. The lowest BCUT2D eigenvalue weighted by Gasteiger charge is -2.24. The molecule has 1 aromatic carbocycles. The summed E-state index contributed by atoms with van der Waals surface area (Å²) >= 11 is 1.67. The number of amides is 1. The van der Waals surface area contributed by atoms with E-state index in [4.69, 9.17) is 4.74 Å². The molecule has 2 aromatic rings. The Labute approximate surface area is 130 Å². The molecule has 2 rings (SSSR count). The highest BCUT2D eigenvalue weighted by molar-refractivity contribution is 7.10. The normalized spacial score (nSPS) is 12.1. The van der Waals surface area contributed by atoms with Crippen LogP contribution in [0.4, 0.5) is 0 Å². The third-order valence-corrected chi connectivity index (χ3v) is 4.58. The molecular weight excluding hydrogens is 282 g/mol. The van der Waals surface area contributed by atoms with Crippen molar-refractivity contribution in [2.24, 2.45) is 0 Å². The van der Waals surface area contributed by atoms with Crippen molar-refractivity contribution in [1.29, 1.82) is 0 Å². The van der Waals surface area contributed by atoms with E-state index < -0.39 is 0 Å². The summed E-state index contributed by atoms with van der Waals surface area (Å²) in [5.41, 5.74) is 1.23. The van der Waals surface area contributed by atoms with Crippen molar-refractivity contribution in [2.45, 2.75) is 19.4 Å². The second kappa shape index (κ2) is 7.96. The first kappa shape index (κ1) is 15.7. The molecule has 0 aliphatic rings. The van der Waals surface area contributed by atoms with E-state index in [1.54, 1.807) is 16.2 Å². The average Bonchev–Trinajstić information content (AvgIpc) is 3.05. The van der Waals surface area contributed by atoms with Gasteiger partial charge in [0.1, 0.15) is 6.61 Å². The van der Waals surface area contributed by atoms with Gasteiger partial charge in [-0.15, -0.1) is 11.3 Å². The summed E-state index contributed by atoms with van der Waals surface area (Å²) in [6.45, 7) is 2.74. The Morgan fingerprint density at radius 2 is 2.00 bits per heavy atom. The molecule has 0 fully saturated rings. The highest BCUT2D eigenvalue weighted by Gasteiger charge is 2.17. The summed E-state index contributed by atoms with van der Waals surface area (Å²) in [6, 6.07) is 14.3. The Morgan fingerprint density at radius 1 is 1.24 bits per heavy atom. The molecule has 0 aliphatic carbocycles. The summed E-state index contributed by atoms with van der Waals surface area (Å²) in [5.74, 6) is 0.0176. The maximum Gasteiger partial charge on any atom is 0.248 e. The van der Waals surface area contributed by atoms with Gasteiger partial charge in [-0.05, 0) is 30.4 Å². The summed E-state index contributed by atoms with van der Waals surface area (Å²) in [6.07, 6.45) is 0.832. The highest BCUT2D eigenvalue weighted by atomic mass is 32.1. The van der Waals surface area contributed by atoms with Crippen molar-refractivity contribution in [2.75, 3.05) is 20.3 Å². The number of ether oxygens (including phenoxy) is 1. The monoisotopic (exact) mass is 303 g/mol. The maximum atomic E-state index is 12.1. The second-order valence-electron chi connectivity index (χ2n) is 4.98. The van der Waals surface area contributed by atoms with E-state index in [0.29, 0.717) is 6.61 Å². The second-order valence-corrected chi connectivity index (χ2v) is 5.96. The van der Waals surface area contributed by atoms with Gasteiger partial charge in [0.2, 0.25) is 5.91 Å². The van der Waals surface area contributed by atoms with Gasteiger partial charge in [0.25, 0.3) is 0 Å². The molecule has 4 heteroatoms. The average molecular weight is 303 g/mol. The fraction of sp³-hybridized carbons (Fsp3) is 0.353. The Balaban J connectivity index is 1.72. The lowest BCUT2D eigenvalue weighted by Crippen LogP contribution is -2.32. The predicted molar refractivity (Wildman–Crippen MR) is 86.5 cm³/mol. The number of hydrogen-bond donors (Lipinski definition) is 0. The molecule has 1 heterocycles. The van der Waals surface area contributed by atoms with Crippen LogP contribution in [0.25, 0.3) is 0 Å². The first-order valence-electron chi connectivity index (χ1n) is 7.09. The lowest BCUT2D eigenvalue weighted by atomic mass is 10.2. The van der Waals surface area contributed by atoms with Crippen LogP contribution in [0, 0.1) is 0 Å². The highest BCUT2D eigenvalue weighted by Crippen LogP contribution is 2.23. The van der Waals surface area contributed by atoms with Gasteiger partial charge in [-0.1, -0.05) is 36.4 Å². The van der Waals surface area contributed by atoms with E-state index in [2.05, 4.69) is 18.2 Å². The molecule has 1 atom stereocenters. The van der Waals surface area contributed by atoms with Gasteiger partial charge in [-0.25, -0.2) is 0 Å². The van der Waals surface area contributed by atoms with Crippen molar-refractivity contribution in [1.82, 2.24) is 4.90 Å². The molecule has 1 unspecified atom stereocenters. The van der Waals surface area contributed by atoms with Gasteiger partial charge in [0.15, 0.2) is 0 Å². The summed E-state index contributed by atoms with van der Waals surface area (Å²) in [5, 5.41) is 2.03. The van der Waals surface area contributed by atoms with Gasteiger partial charge in [0, 0.05) is 11.9 Å². The topological polar surface area (TPSA) is 29.5 Å². The number of carbonyl (C=O) groups excluding carboxylic acids is 1. The maximum absolute atomic E-state index is 12.1. The van der Waals surface area contributed by atoms with Crippen molar-refractivity contribution in [3.8, 4) is 0 Å². The largest absolute Gasteiger partial charge is 0.371 e. The molecule has 21 heavy (non-hydrogen) atoms. The number of nitrogens with zero attached hydrogens (tertiary/aromatic N) is 1. The SMILES string of the molecule is CC(c1cccs1)N(C)C(=O)COCCc1ccccc1.